The molecule has 0 spiro atoms. The Hall–Kier alpha value is -3.30. The molecule has 1 amide bonds. The summed E-state index contributed by atoms with van der Waals surface area (Å²) in [5, 5.41) is 16.6. The number of hydrogen-bond acceptors (Lipinski definition) is 6. The Kier molecular flexibility index (Phi) is 5.39. The van der Waals surface area contributed by atoms with E-state index in [4.69, 9.17) is 10.9 Å². The van der Waals surface area contributed by atoms with Gasteiger partial charge >= 0.3 is 0 Å². The van der Waals surface area contributed by atoms with Crippen LogP contribution in [0.5, 0.6) is 0 Å². The number of rotatable bonds is 6. The topological polar surface area (TPSA) is 141 Å². The molecule has 9 heteroatoms. The minimum Gasteiger partial charge on any atom is -0.366 e. The van der Waals surface area contributed by atoms with Gasteiger partial charge < -0.3 is 11.1 Å². The fourth-order valence-electron chi connectivity index (χ4n) is 2.69. The van der Waals surface area contributed by atoms with Crippen molar-refractivity contribution in [3.8, 4) is 11.3 Å². The van der Waals surface area contributed by atoms with Gasteiger partial charge in [0.15, 0.2) is 5.82 Å². The van der Waals surface area contributed by atoms with Gasteiger partial charge in [-0.2, -0.15) is 0 Å². The number of aromatic nitrogens is 2. The van der Waals surface area contributed by atoms with Crippen molar-refractivity contribution in [2.75, 3.05) is 5.32 Å². The third-order valence-corrected chi connectivity index (χ3v) is 5.15. The first kappa shape index (κ1) is 19.5. The van der Waals surface area contributed by atoms with Gasteiger partial charge in [-0.1, -0.05) is 19.1 Å². The van der Waals surface area contributed by atoms with E-state index in [1.807, 2.05) is 6.92 Å². The maximum atomic E-state index is 11.8. The van der Waals surface area contributed by atoms with Crippen molar-refractivity contribution in [3.63, 3.8) is 0 Å². The number of primary sulfonamides is 1. The number of hydrogen-bond donors (Lipinski definition) is 3. The summed E-state index contributed by atoms with van der Waals surface area (Å²) in [7, 11) is -3.83. The smallest absolute Gasteiger partial charge is 0.248 e. The number of sulfonamides is 1. The molecule has 1 heterocycles. The lowest BCUT2D eigenvalue weighted by Crippen LogP contribution is -2.14. The van der Waals surface area contributed by atoms with Gasteiger partial charge in [0.1, 0.15) is 0 Å². The molecule has 0 aliphatic rings. The number of benzene rings is 2. The molecule has 5 N–H and O–H groups in total. The number of amides is 1. The van der Waals surface area contributed by atoms with Crippen LogP contribution in [0.2, 0.25) is 0 Å². The fourth-order valence-corrected chi connectivity index (χ4v) is 3.56. The highest BCUT2D eigenvalue weighted by molar-refractivity contribution is 7.89. The van der Waals surface area contributed by atoms with Crippen LogP contribution >= 0.6 is 0 Å². The van der Waals surface area contributed by atoms with Gasteiger partial charge in [-0.05, 0) is 54.4 Å². The molecule has 0 aliphatic carbocycles. The van der Waals surface area contributed by atoms with Crippen LogP contribution in [0, 0.1) is 0 Å². The van der Waals surface area contributed by atoms with Crippen LogP contribution < -0.4 is 16.2 Å². The lowest BCUT2D eigenvalue weighted by Gasteiger charge is -2.09. The van der Waals surface area contributed by atoms with Crippen LogP contribution in [0.15, 0.2) is 59.5 Å². The van der Waals surface area contributed by atoms with E-state index >= 15 is 0 Å². The van der Waals surface area contributed by atoms with Gasteiger partial charge in [0, 0.05) is 16.8 Å². The Bertz CT molecular complexity index is 1110. The second-order valence-corrected chi connectivity index (χ2v) is 7.62. The fraction of sp³-hybridized carbons (Fsp3) is 0.105. The number of nitrogens with two attached hydrogens (primary N) is 2. The summed E-state index contributed by atoms with van der Waals surface area (Å²) in [6.07, 6.45) is 0.551. The van der Waals surface area contributed by atoms with E-state index in [1.54, 1.807) is 48.5 Å². The van der Waals surface area contributed by atoms with E-state index in [0.29, 0.717) is 34.6 Å². The molecule has 28 heavy (non-hydrogen) atoms. The van der Waals surface area contributed by atoms with Crippen molar-refractivity contribution in [3.05, 3.63) is 65.7 Å². The molecule has 1 aromatic heterocycles. The maximum Gasteiger partial charge on any atom is 0.248 e. The summed E-state index contributed by atoms with van der Waals surface area (Å²) < 4.78 is 23.6. The molecule has 3 aromatic rings. The highest BCUT2D eigenvalue weighted by Gasteiger charge is 2.15. The third kappa shape index (κ3) is 4.33. The molecule has 0 fully saturated rings. The predicted molar refractivity (Wildman–Crippen MR) is 106 cm³/mol. The van der Waals surface area contributed by atoms with E-state index in [1.165, 1.54) is 6.07 Å². The van der Waals surface area contributed by atoms with Crippen molar-refractivity contribution in [2.24, 2.45) is 10.9 Å². The monoisotopic (exact) mass is 397 g/mol. The summed E-state index contributed by atoms with van der Waals surface area (Å²) in [6, 6.07) is 15.1. The van der Waals surface area contributed by atoms with E-state index in [9.17, 15) is 13.2 Å². The maximum absolute atomic E-state index is 11.8. The summed E-state index contributed by atoms with van der Waals surface area (Å²) in [5.74, 6) is -0.00364. The number of anilines is 2. The standard InChI is InChI=1S/C19H19N5O3S/c1-2-12-3-4-14(11-17(12)28(21,26)27)16-9-10-18(24-23-16)22-15-7-5-13(6-8-15)19(20)25/h3-11H,2H2,1H3,(H2,20,25)(H,22,24)(H2,21,26,27). The molecular weight excluding hydrogens is 378 g/mol. The minimum absolute atomic E-state index is 0.0889. The van der Waals surface area contributed by atoms with Gasteiger partial charge in [-0.25, -0.2) is 13.6 Å². The predicted octanol–water partition coefficient (Wildman–Crippen LogP) is 2.20. The molecule has 0 atom stereocenters. The molecule has 3 rings (SSSR count). The van der Waals surface area contributed by atoms with Crippen LogP contribution in [0.1, 0.15) is 22.8 Å². The molecule has 0 bridgehead atoms. The summed E-state index contributed by atoms with van der Waals surface area (Å²) >= 11 is 0. The van der Waals surface area contributed by atoms with Crippen molar-refractivity contribution >= 4 is 27.4 Å². The zero-order valence-electron chi connectivity index (χ0n) is 15.1. The Morgan fingerprint density at radius 3 is 2.29 bits per heavy atom. The van der Waals surface area contributed by atoms with Crippen molar-refractivity contribution in [2.45, 2.75) is 18.2 Å². The number of aryl methyl sites for hydroxylation is 1. The van der Waals surface area contributed by atoms with Gasteiger partial charge in [0.2, 0.25) is 15.9 Å². The van der Waals surface area contributed by atoms with Gasteiger partial charge in [-0.3, -0.25) is 4.79 Å². The zero-order chi connectivity index (χ0) is 20.3. The van der Waals surface area contributed by atoms with E-state index in [0.717, 1.165) is 5.69 Å². The van der Waals surface area contributed by atoms with Crippen molar-refractivity contribution in [1.29, 1.82) is 0 Å². The third-order valence-electron chi connectivity index (χ3n) is 4.16. The zero-order valence-corrected chi connectivity index (χ0v) is 15.9. The Morgan fingerprint density at radius 1 is 1.04 bits per heavy atom. The molecule has 8 nitrogen and oxygen atoms in total. The molecule has 0 saturated heterocycles. The van der Waals surface area contributed by atoms with Crippen LogP contribution in [0.4, 0.5) is 11.5 Å². The molecule has 144 valence electrons. The second kappa shape index (κ2) is 7.75. The summed E-state index contributed by atoms with van der Waals surface area (Å²) in [5.41, 5.74) is 8.11. The molecule has 2 aromatic carbocycles. The minimum atomic E-state index is -3.83. The Morgan fingerprint density at radius 2 is 1.75 bits per heavy atom. The summed E-state index contributed by atoms with van der Waals surface area (Å²) in [6.45, 7) is 1.86. The van der Waals surface area contributed by atoms with Crippen LogP contribution in [0.3, 0.4) is 0 Å². The number of primary amides is 1. The van der Waals surface area contributed by atoms with E-state index < -0.39 is 15.9 Å². The molecule has 0 aliphatic heterocycles. The summed E-state index contributed by atoms with van der Waals surface area (Å²) in [4.78, 5) is 11.2. The second-order valence-electron chi connectivity index (χ2n) is 6.09. The molecule has 0 saturated carbocycles. The average molecular weight is 397 g/mol. The number of carbonyl (C=O) groups is 1. The van der Waals surface area contributed by atoms with Crippen LogP contribution in [0.25, 0.3) is 11.3 Å². The van der Waals surface area contributed by atoms with E-state index in [2.05, 4.69) is 15.5 Å². The molecule has 0 unspecified atom stereocenters. The molecule has 0 radical (unpaired) electrons. The Labute approximate surface area is 162 Å². The average Bonchev–Trinajstić information content (AvgIpc) is 2.68. The van der Waals surface area contributed by atoms with Gasteiger partial charge in [0.05, 0.1) is 10.6 Å². The first-order valence-electron chi connectivity index (χ1n) is 8.44. The van der Waals surface area contributed by atoms with Crippen molar-refractivity contribution < 1.29 is 13.2 Å². The molecular formula is C19H19N5O3S. The van der Waals surface area contributed by atoms with Crippen molar-refractivity contribution in [1.82, 2.24) is 10.2 Å². The van der Waals surface area contributed by atoms with Gasteiger partial charge in [0.25, 0.3) is 0 Å². The van der Waals surface area contributed by atoms with Gasteiger partial charge in [-0.15, -0.1) is 10.2 Å². The largest absolute Gasteiger partial charge is 0.366 e. The number of nitrogens with one attached hydrogen (secondary N) is 1. The number of nitrogens with zero attached hydrogens (tertiary/aromatic N) is 2. The SMILES string of the molecule is CCc1ccc(-c2ccc(Nc3ccc(C(N)=O)cc3)nn2)cc1S(N)(=O)=O. The quantitative estimate of drug-likeness (QED) is 0.582. The number of carbonyl (C=O) groups excluding carboxylic acids is 1. The lowest BCUT2D eigenvalue weighted by atomic mass is 10.1. The highest BCUT2D eigenvalue weighted by atomic mass is 32.2. The first-order valence-corrected chi connectivity index (χ1v) is 9.99. The Balaban J connectivity index is 1.83. The van der Waals surface area contributed by atoms with E-state index in [-0.39, 0.29) is 4.90 Å². The lowest BCUT2D eigenvalue weighted by molar-refractivity contribution is 0.100. The van der Waals surface area contributed by atoms with Crippen LogP contribution in [-0.4, -0.2) is 24.5 Å². The highest BCUT2D eigenvalue weighted by Crippen LogP contribution is 2.24. The first-order chi connectivity index (χ1) is 13.3. The normalized spacial score (nSPS) is 11.2. The van der Waals surface area contributed by atoms with Crippen LogP contribution in [-0.2, 0) is 16.4 Å².